The van der Waals surface area contributed by atoms with E-state index < -0.39 is 0 Å². The molecule has 3 aromatic rings. The molecule has 0 radical (unpaired) electrons. The number of likely N-dealkylation sites (tertiary alicyclic amines) is 1. The van der Waals surface area contributed by atoms with Crippen molar-refractivity contribution < 1.29 is 9.64 Å². The average molecular weight is 388 g/mol. The van der Waals surface area contributed by atoms with Gasteiger partial charge in [-0.1, -0.05) is 18.2 Å². The maximum atomic E-state index is 12.7. The van der Waals surface area contributed by atoms with Crippen molar-refractivity contribution >= 4 is 0 Å². The van der Waals surface area contributed by atoms with Crippen LogP contribution in [0.1, 0.15) is 23.7 Å². The third kappa shape index (κ3) is 3.47. The molecule has 148 valence electrons. The zero-order valence-corrected chi connectivity index (χ0v) is 16.7. The van der Waals surface area contributed by atoms with Crippen molar-refractivity contribution in [3.05, 3.63) is 82.5 Å². The summed E-state index contributed by atoms with van der Waals surface area (Å²) >= 11 is 0. The van der Waals surface area contributed by atoms with Crippen LogP contribution in [-0.2, 0) is 13.1 Å². The largest absolute Gasteiger partial charge is 0.497 e. The summed E-state index contributed by atoms with van der Waals surface area (Å²) in [5.41, 5.74) is 4.79. The van der Waals surface area contributed by atoms with Gasteiger partial charge in [0.05, 0.1) is 25.9 Å². The SMILES string of the molecule is COc1ccc(-c2ccc(=O)n3c2[C@@H]2C[C@H](C3)C[NH+](Cc3ccccn3)C2)cc1. The second-order valence-electron chi connectivity index (χ2n) is 8.26. The van der Waals surface area contributed by atoms with E-state index in [1.807, 2.05) is 35.0 Å². The van der Waals surface area contributed by atoms with Gasteiger partial charge in [0.25, 0.3) is 5.56 Å². The normalized spacial score (nSPS) is 22.7. The summed E-state index contributed by atoms with van der Waals surface area (Å²) in [6.45, 7) is 3.91. The Hall–Kier alpha value is -2.92. The summed E-state index contributed by atoms with van der Waals surface area (Å²) < 4.78 is 7.35. The van der Waals surface area contributed by atoms with E-state index in [9.17, 15) is 4.79 Å². The van der Waals surface area contributed by atoms with Gasteiger partial charge in [-0.15, -0.1) is 0 Å². The van der Waals surface area contributed by atoms with E-state index in [2.05, 4.69) is 29.2 Å². The predicted octanol–water partition coefficient (Wildman–Crippen LogP) is 2.12. The van der Waals surface area contributed by atoms with Gasteiger partial charge < -0.3 is 14.2 Å². The molecule has 2 aromatic heterocycles. The Kier molecular flexibility index (Phi) is 4.68. The molecule has 0 spiro atoms. The van der Waals surface area contributed by atoms with Crippen LogP contribution in [0.15, 0.2) is 65.6 Å². The molecule has 5 heteroatoms. The molecule has 2 bridgehead atoms. The van der Waals surface area contributed by atoms with E-state index in [1.54, 1.807) is 18.1 Å². The fraction of sp³-hybridized carbons (Fsp3) is 0.333. The molecule has 0 aliphatic carbocycles. The number of aromatic nitrogens is 2. The Morgan fingerprint density at radius 2 is 1.97 bits per heavy atom. The topological polar surface area (TPSA) is 48.6 Å². The molecule has 4 heterocycles. The van der Waals surface area contributed by atoms with E-state index in [0.29, 0.717) is 11.8 Å². The van der Waals surface area contributed by atoms with Crippen LogP contribution in [0.5, 0.6) is 5.75 Å². The van der Waals surface area contributed by atoms with E-state index >= 15 is 0 Å². The monoisotopic (exact) mass is 388 g/mol. The fourth-order valence-corrected chi connectivity index (χ4v) is 5.16. The van der Waals surface area contributed by atoms with Gasteiger partial charge in [-0.05, 0) is 42.3 Å². The standard InChI is InChI=1S/C24H25N3O2/c1-29-21-7-5-18(6-8-21)22-9-10-23(28)27-14-17-12-19(24(22)27)15-26(13-17)16-20-4-2-3-11-25-20/h2-11,17,19H,12-16H2,1H3/p+1/t17-,19+/m0/s1. The number of benzene rings is 1. The molecule has 1 aromatic carbocycles. The van der Waals surface area contributed by atoms with Crippen LogP contribution in [-0.4, -0.2) is 29.8 Å². The first-order valence-corrected chi connectivity index (χ1v) is 10.3. The van der Waals surface area contributed by atoms with Gasteiger partial charge in [-0.2, -0.15) is 0 Å². The van der Waals surface area contributed by atoms with Crippen LogP contribution < -0.4 is 15.2 Å². The van der Waals surface area contributed by atoms with Gasteiger partial charge in [0.15, 0.2) is 0 Å². The molecule has 0 saturated carbocycles. The average Bonchev–Trinajstić information content (AvgIpc) is 2.75. The molecule has 3 atom stereocenters. The minimum absolute atomic E-state index is 0.125. The highest BCUT2D eigenvalue weighted by Gasteiger charge is 2.38. The molecule has 1 fully saturated rings. The lowest BCUT2D eigenvalue weighted by molar-refractivity contribution is -0.924. The number of ether oxygens (including phenoxy) is 1. The molecule has 2 aliphatic heterocycles. The van der Waals surface area contributed by atoms with Gasteiger partial charge in [-0.3, -0.25) is 9.78 Å². The van der Waals surface area contributed by atoms with Crippen molar-refractivity contribution in [2.75, 3.05) is 20.2 Å². The number of nitrogens with zero attached hydrogens (tertiary/aromatic N) is 2. The molecular weight excluding hydrogens is 362 g/mol. The highest BCUT2D eigenvalue weighted by atomic mass is 16.5. The lowest BCUT2D eigenvalue weighted by Crippen LogP contribution is -3.13. The highest BCUT2D eigenvalue weighted by Crippen LogP contribution is 2.37. The summed E-state index contributed by atoms with van der Waals surface area (Å²) in [4.78, 5) is 18.8. The van der Waals surface area contributed by atoms with Crippen molar-refractivity contribution in [2.24, 2.45) is 5.92 Å². The summed E-state index contributed by atoms with van der Waals surface area (Å²) in [6.07, 6.45) is 3.04. The van der Waals surface area contributed by atoms with Gasteiger partial charge >= 0.3 is 0 Å². The Morgan fingerprint density at radius 1 is 1.10 bits per heavy atom. The van der Waals surface area contributed by atoms with Crippen LogP contribution in [0.3, 0.4) is 0 Å². The quantitative estimate of drug-likeness (QED) is 0.745. The zero-order valence-electron chi connectivity index (χ0n) is 16.7. The fourth-order valence-electron chi connectivity index (χ4n) is 5.16. The number of rotatable bonds is 4. The second kappa shape index (κ2) is 7.48. The minimum atomic E-state index is 0.125. The molecule has 1 saturated heterocycles. The number of hydrogen-bond acceptors (Lipinski definition) is 3. The van der Waals surface area contributed by atoms with E-state index in [1.165, 1.54) is 17.7 Å². The number of piperidine rings is 1. The van der Waals surface area contributed by atoms with E-state index in [4.69, 9.17) is 4.74 Å². The Bertz CT molecular complexity index is 1060. The smallest absolute Gasteiger partial charge is 0.250 e. The first kappa shape index (κ1) is 18.1. The molecule has 0 amide bonds. The Labute approximate surface area is 170 Å². The van der Waals surface area contributed by atoms with Crippen molar-refractivity contribution in [3.8, 4) is 16.9 Å². The molecule has 5 rings (SSSR count). The maximum Gasteiger partial charge on any atom is 0.250 e. The predicted molar refractivity (Wildman–Crippen MR) is 112 cm³/mol. The van der Waals surface area contributed by atoms with Crippen LogP contribution in [0, 0.1) is 5.92 Å². The van der Waals surface area contributed by atoms with Crippen LogP contribution in [0.4, 0.5) is 0 Å². The zero-order chi connectivity index (χ0) is 19.8. The first-order valence-electron chi connectivity index (χ1n) is 10.3. The summed E-state index contributed by atoms with van der Waals surface area (Å²) in [5, 5.41) is 0. The maximum absolute atomic E-state index is 12.7. The number of methoxy groups -OCH3 is 1. The van der Waals surface area contributed by atoms with Gasteiger partial charge in [-0.25, -0.2) is 0 Å². The number of quaternary nitrogens is 1. The minimum Gasteiger partial charge on any atom is -0.497 e. The van der Waals surface area contributed by atoms with Crippen LogP contribution >= 0.6 is 0 Å². The number of pyridine rings is 2. The summed E-state index contributed by atoms with van der Waals surface area (Å²) in [6, 6.07) is 18.0. The number of nitrogens with one attached hydrogen (secondary N) is 1. The lowest BCUT2D eigenvalue weighted by atomic mass is 9.80. The van der Waals surface area contributed by atoms with Gasteiger partial charge in [0, 0.05) is 41.9 Å². The van der Waals surface area contributed by atoms with Crippen molar-refractivity contribution in [2.45, 2.75) is 25.4 Å². The second-order valence-corrected chi connectivity index (χ2v) is 8.26. The summed E-state index contributed by atoms with van der Waals surface area (Å²) in [5.74, 6) is 1.79. The highest BCUT2D eigenvalue weighted by molar-refractivity contribution is 5.67. The third-order valence-corrected chi connectivity index (χ3v) is 6.34. The first-order chi connectivity index (χ1) is 14.2. The van der Waals surface area contributed by atoms with Crippen molar-refractivity contribution in [1.82, 2.24) is 9.55 Å². The Balaban J connectivity index is 1.50. The van der Waals surface area contributed by atoms with E-state index in [-0.39, 0.29) is 5.56 Å². The molecule has 29 heavy (non-hydrogen) atoms. The molecule has 2 aliphatic rings. The van der Waals surface area contributed by atoms with Crippen LogP contribution in [0.2, 0.25) is 0 Å². The molecule has 1 N–H and O–H groups in total. The van der Waals surface area contributed by atoms with Crippen LogP contribution in [0.25, 0.3) is 11.1 Å². The molecule has 5 nitrogen and oxygen atoms in total. The van der Waals surface area contributed by atoms with Crippen molar-refractivity contribution in [1.29, 1.82) is 0 Å². The van der Waals surface area contributed by atoms with E-state index in [0.717, 1.165) is 43.2 Å². The molecular formula is C24H26N3O2+. The van der Waals surface area contributed by atoms with Gasteiger partial charge in [0.2, 0.25) is 0 Å². The number of fused-ring (bicyclic) bond motifs is 4. The third-order valence-electron chi connectivity index (χ3n) is 6.34. The molecule has 1 unspecified atom stereocenters. The number of hydrogen-bond donors (Lipinski definition) is 1. The lowest BCUT2D eigenvalue weighted by Gasteiger charge is -2.41. The summed E-state index contributed by atoms with van der Waals surface area (Å²) in [7, 11) is 1.68. The Morgan fingerprint density at radius 3 is 2.72 bits per heavy atom. The van der Waals surface area contributed by atoms with Gasteiger partial charge in [0.1, 0.15) is 12.3 Å². The van der Waals surface area contributed by atoms with Crippen molar-refractivity contribution in [3.63, 3.8) is 0 Å².